The Kier molecular flexibility index (Phi) is 3.09. The molecule has 138 valence electrons. The standard InChI is InChI=1S/C30H18/c1-2-9-20(10-3-1)28-22-14-5-4-13-21(22)23-16-8-17-25-24-15-6-11-19-12-7-18-26(27(19)24)30(28)29(23)25/h1-18H. The van der Waals surface area contributed by atoms with Crippen LogP contribution in [0.3, 0.4) is 0 Å². The zero-order valence-electron chi connectivity index (χ0n) is 16.4. The summed E-state index contributed by atoms with van der Waals surface area (Å²) in [5.41, 5.74) is 2.62. The maximum Gasteiger partial charge on any atom is -0.000764 e. The molecule has 0 aromatic heterocycles. The van der Waals surface area contributed by atoms with Crippen molar-refractivity contribution in [3.8, 4) is 11.1 Å². The highest BCUT2D eigenvalue weighted by atomic mass is 14.2. The van der Waals surface area contributed by atoms with Crippen LogP contribution in [0.25, 0.3) is 65.0 Å². The van der Waals surface area contributed by atoms with Crippen molar-refractivity contribution in [1.82, 2.24) is 0 Å². The largest absolute Gasteiger partial charge is 0.0622 e. The maximum atomic E-state index is 2.30. The number of rotatable bonds is 1. The van der Waals surface area contributed by atoms with Gasteiger partial charge in [-0.05, 0) is 65.0 Å². The molecule has 0 atom stereocenters. The summed E-state index contributed by atoms with van der Waals surface area (Å²) in [5, 5.41) is 13.4. The van der Waals surface area contributed by atoms with E-state index in [0.29, 0.717) is 0 Å². The summed E-state index contributed by atoms with van der Waals surface area (Å²) in [6.07, 6.45) is 0. The Labute approximate surface area is 174 Å². The molecule has 0 N–H and O–H groups in total. The maximum absolute atomic E-state index is 2.30. The van der Waals surface area contributed by atoms with Crippen LogP contribution in [0.1, 0.15) is 0 Å². The fourth-order valence-corrected chi connectivity index (χ4v) is 5.41. The Morgan fingerprint density at radius 1 is 0.300 bits per heavy atom. The first kappa shape index (κ1) is 16.0. The predicted molar refractivity (Wildman–Crippen MR) is 131 cm³/mol. The molecule has 0 saturated heterocycles. The average Bonchev–Trinajstić information content (AvgIpc) is 2.82. The van der Waals surface area contributed by atoms with Gasteiger partial charge in [0.15, 0.2) is 0 Å². The van der Waals surface area contributed by atoms with E-state index in [-0.39, 0.29) is 0 Å². The Morgan fingerprint density at radius 2 is 0.833 bits per heavy atom. The minimum Gasteiger partial charge on any atom is -0.0622 e. The molecule has 0 unspecified atom stereocenters. The third-order valence-corrected chi connectivity index (χ3v) is 6.58. The first-order valence-corrected chi connectivity index (χ1v) is 10.5. The van der Waals surface area contributed by atoms with E-state index in [4.69, 9.17) is 0 Å². The molecular formula is C30H18. The number of hydrogen-bond acceptors (Lipinski definition) is 0. The second-order valence-electron chi connectivity index (χ2n) is 8.10. The molecule has 0 fully saturated rings. The second kappa shape index (κ2) is 5.81. The van der Waals surface area contributed by atoms with E-state index >= 15 is 0 Å². The summed E-state index contributed by atoms with van der Waals surface area (Å²) in [6.45, 7) is 0. The van der Waals surface area contributed by atoms with Gasteiger partial charge in [0.1, 0.15) is 0 Å². The summed E-state index contributed by atoms with van der Waals surface area (Å²) in [4.78, 5) is 0. The van der Waals surface area contributed by atoms with E-state index in [1.807, 2.05) is 0 Å². The monoisotopic (exact) mass is 378 g/mol. The van der Waals surface area contributed by atoms with E-state index in [0.717, 1.165) is 0 Å². The van der Waals surface area contributed by atoms with Gasteiger partial charge in [0, 0.05) is 0 Å². The SMILES string of the molecule is c1ccc(-c2c3ccccc3c3cccc4c5cccc6cccc(c2c34)c65)cc1. The van der Waals surface area contributed by atoms with Crippen molar-refractivity contribution in [3.63, 3.8) is 0 Å². The molecule has 0 heteroatoms. The molecule has 0 saturated carbocycles. The lowest BCUT2D eigenvalue weighted by molar-refractivity contribution is 1.68. The average molecular weight is 378 g/mol. The van der Waals surface area contributed by atoms with Gasteiger partial charge in [-0.2, -0.15) is 0 Å². The van der Waals surface area contributed by atoms with E-state index < -0.39 is 0 Å². The third-order valence-electron chi connectivity index (χ3n) is 6.58. The van der Waals surface area contributed by atoms with Crippen molar-refractivity contribution in [2.24, 2.45) is 0 Å². The highest BCUT2D eigenvalue weighted by Gasteiger charge is 2.19. The molecule has 0 heterocycles. The molecule has 7 aromatic carbocycles. The second-order valence-corrected chi connectivity index (χ2v) is 8.10. The fraction of sp³-hybridized carbons (Fsp3) is 0. The highest BCUT2D eigenvalue weighted by Crippen LogP contribution is 2.47. The summed E-state index contributed by atoms with van der Waals surface area (Å²) in [5.74, 6) is 0. The van der Waals surface area contributed by atoms with E-state index in [1.165, 1.54) is 65.0 Å². The number of fused-ring (bicyclic) bond motifs is 4. The van der Waals surface area contributed by atoms with Gasteiger partial charge in [-0.15, -0.1) is 0 Å². The molecule has 7 rings (SSSR count). The third kappa shape index (κ3) is 1.96. The predicted octanol–water partition coefficient (Wildman–Crippen LogP) is 8.56. The van der Waals surface area contributed by atoms with Gasteiger partial charge in [0.25, 0.3) is 0 Å². The Morgan fingerprint density at radius 3 is 1.60 bits per heavy atom. The van der Waals surface area contributed by atoms with Crippen LogP contribution in [0, 0.1) is 0 Å². The molecule has 0 aliphatic heterocycles. The van der Waals surface area contributed by atoms with Crippen molar-refractivity contribution in [1.29, 1.82) is 0 Å². The lowest BCUT2D eigenvalue weighted by Crippen LogP contribution is -1.92. The van der Waals surface area contributed by atoms with Crippen molar-refractivity contribution >= 4 is 53.9 Å². The van der Waals surface area contributed by atoms with Gasteiger partial charge in [0.2, 0.25) is 0 Å². The molecule has 0 radical (unpaired) electrons. The molecule has 0 aliphatic carbocycles. The minimum atomic E-state index is 1.27. The van der Waals surface area contributed by atoms with E-state index in [1.54, 1.807) is 0 Å². The van der Waals surface area contributed by atoms with Crippen molar-refractivity contribution in [3.05, 3.63) is 109 Å². The van der Waals surface area contributed by atoms with Crippen LogP contribution in [0.5, 0.6) is 0 Å². The first-order chi connectivity index (χ1) is 14.9. The fourth-order valence-electron chi connectivity index (χ4n) is 5.41. The van der Waals surface area contributed by atoms with Crippen LogP contribution >= 0.6 is 0 Å². The lowest BCUT2D eigenvalue weighted by Gasteiger charge is -2.20. The van der Waals surface area contributed by atoms with Crippen LogP contribution in [-0.2, 0) is 0 Å². The highest BCUT2D eigenvalue weighted by molar-refractivity contribution is 6.40. The number of hydrogen-bond donors (Lipinski definition) is 0. The van der Waals surface area contributed by atoms with Gasteiger partial charge in [-0.1, -0.05) is 109 Å². The normalized spacial score (nSPS) is 12.0. The minimum absolute atomic E-state index is 1.27. The molecule has 7 aromatic rings. The quantitative estimate of drug-likeness (QED) is 0.198. The molecule has 30 heavy (non-hydrogen) atoms. The summed E-state index contributed by atoms with van der Waals surface area (Å²) < 4.78 is 0. The lowest BCUT2D eigenvalue weighted by atomic mass is 9.83. The molecule has 0 spiro atoms. The van der Waals surface area contributed by atoms with E-state index in [2.05, 4.69) is 109 Å². The van der Waals surface area contributed by atoms with Crippen LogP contribution in [0.2, 0.25) is 0 Å². The van der Waals surface area contributed by atoms with Crippen molar-refractivity contribution in [2.45, 2.75) is 0 Å². The van der Waals surface area contributed by atoms with E-state index in [9.17, 15) is 0 Å². The van der Waals surface area contributed by atoms with Crippen LogP contribution < -0.4 is 0 Å². The van der Waals surface area contributed by atoms with Crippen LogP contribution in [0.15, 0.2) is 109 Å². The zero-order chi connectivity index (χ0) is 19.7. The zero-order valence-corrected chi connectivity index (χ0v) is 16.4. The van der Waals surface area contributed by atoms with Gasteiger partial charge in [-0.25, -0.2) is 0 Å². The van der Waals surface area contributed by atoms with Crippen molar-refractivity contribution < 1.29 is 0 Å². The summed E-state index contributed by atoms with van der Waals surface area (Å²) in [7, 11) is 0. The number of benzene rings is 7. The van der Waals surface area contributed by atoms with Gasteiger partial charge in [-0.3, -0.25) is 0 Å². The van der Waals surface area contributed by atoms with Gasteiger partial charge in [0.05, 0.1) is 0 Å². The molecule has 0 aliphatic rings. The Balaban J connectivity index is 1.93. The van der Waals surface area contributed by atoms with Crippen LogP contribution in [-0.4, -0.2) is 0 Å². The first-order valence-electron chi connectivity index (χ1n) is 10.5. The van der Waals surface area contributed by atoms with Gasteiger partial charge < -0.3 is 0 Å². The Bertz CT molecular complexity index is 1720. The summed E-state index contributed by atoms with van der Waals surface area (Å²) >= 11 is 0. The molecule has 0 nitrogen and oxygen atoms in total. The van der Waals surface area contributed by atoms with Crippen LogP contribution in [0.4, 0.5) is 0 Å². The summed E-state index contributed by atoms with van der Waals surface area (Å²) in [6, 6.07) is 40.0. The molecule has 0 bridgehead atoms. The smallest absolute Gasteiger partial charge is 0.000764 e. The van der Waals surface area contributed by atoms with Crippen molar-refractivity contribution in [2.75, 3.05) is 0 Å². The Hall–Kier alpha value is -3.90. The molecular weight excluding hydrogens is 360 g/mol. The van der Waals surface area contributed by atoms with Gasteiger partial charge >= 0.3 is 0 Å². The molecule has 0 amide bonds. The topological polar surface area (TPSA) is 0 Å².